The first-order valence-corrected chi connectivity index (χ1v) is 9.18. The third kappa shape index (κ3) is 3.36. The predicted molar refractivity (Wildman–Crippen MR) is 81.2 cm³/mol. The lowest BCUT2D eigenvalue weighted by atomic mass is 10.4. The minimum Gasteiger partial charge on any atom is -0.468 e. The third-order valence-electron chi connectivity index (χ3n) is 2.94. The molecule has 0 saturated carbocycles. The number of carbonyl (C=O) groups is 1. The van der Waals surface area contributed by atoms with Crippen LogP contribution in [0.15, 0.2) is 33.6 Å². The highest BCUT2D eigenvalue weighted by Crippen LogP contribution is 2.26. The molecule has 1 fully saturated rings. The Balaban J connectivity index is 2.21. The van der Waals surface area contributed by atoms with Crippen LogP contribution in [0.5, 0.6) is 0 Å². The van der Waals surface area contributed by atoms with Gasteiger partial charge in [-0.2, -0.15) is 4.31 Å². The highest BCUT2D eigenvalue weighted by Gasteiger charge is 2.34. The van der Waals surface area contributed by atoms with Gasteiger partial charge in [0.1, 0.15) is 5.25 Å². The van der Waals surface area contributed by atoms with Gasteiger partial charge < -0.3 is 4.74 Å². The highest BCUT2D eigenvalue weighted by molar-refractivity contribution is 9.10. The van der Waals surface area contributed by atoms with Gasteiger partial charge >= 0.3 is 5.97 Å². The van der Waals surface area contributed by atoms with Crippen molar-refractivity contribution in [1.82, 2.24) is 4.31 Å². The van der Waals surface area contributed by atoms with Crippen LogP contribution in [0.25, 0.3) is 0 Å². The Morgan fingerprint density at radius 1 is 1.40 bits per heavy atom. The zero-order valence-corrected chi connectivity index (χ0v) is 14.0. The maximum Gasteiger partial charge on any atom is 0.320 e. The number of nitrogens with zero attached hydrogens (tertiary/aromatic N) is 1. The number of halogens is 1. The molecule has 0 spiro atoms. The van der Waals surface area contributed by atoms with Crippen LogP contribution in [0.1, 0.15) is 0 Å². The van der Waals surface area contributed by atoms with E-state index in [2.05, 4.69) is 20.7 Å². The summed E-state index contributed by atoms with van der Waals surface area (Å²) in [6.45, 7) is 0.548. The summed E-state index contributed by atoms with van der Waals surface area (Å²) in [5.74, 6) is 0.195. The molecule has 2 rings (SSSR count). The molecule has 1 aliphatic heterocycles. The summed E-state index contributed by atoms with van der Waals surface area (Å²) in [5, 5.41) is -0.459. The zero-order valence-electron chi connectivity index (χ0n) is 10.8. The van der Waals surface area contributed by atoms with Gasteiger partial charge in [-0.05, 0) is 24.3 Å². The number of esters is 1. The average Bonchev–Trinajstić information content (AvgIpc) is 2.47. The summed E-state index contributed by atoms with van der Waals surface area (Å²) in [6, 6.07) is 6.47. The van der Waals surface area contributed by atoms with Gasteiger partial charge in [-0.1, -0.05) is 15.9 Å². The minimum absolute atomic E-state index is 0.149. The number of carbonyl (C=O) groups excluding carboxylic acids is 1. The molecule has 0 radical (unpaired) electrons. The molecule has 0 aromatic heterocycles. The first-order chi connectivity index (χ1) is 9.45. The first kappa shape index (κ1) is 15.8. The van der Waals surface area contributed by atoms with Crippen LogP contribution in [-0.4, -0.2) is 49.9 Å². The van der Waals surface area contributed by atoms with Gasteiger partial charge in [0.15, 0.2) is 0 Å². The molecule has 8 heteroatoms. The number of benzene rings is 1. The molecule has 0 amide bonds. The molecule has 1 heterocycles. The molecule has 5 nitrogen and oxygen atoms in total. The fraction of sp³-hybridized carbons (Fsp3) is 0.417. The molecule has 0 unspecified atom stereocenters. The predicted octanol–water partition coefficient (Wildman–Crippen LogP) is 1.73. The monoisotopic (exact) mass is 379 g/mol. The van der Waals surface area contributed by atoms with Crippen LogP contribution >= 0.6 is 27.7 Å². The number of hydrogen-bond acceptors (Lipinski definition) is 5. The molecular weight excluding hydrogens is 366 g/mol. The SMILES string of the molecule is COC(=O)[C@H]1CN(S(=O)(=O)c2ccc(Br)cc2)CCS1. The summed E-state index contributed by atoms with van der Waals surface area (Å²) in [6.07, 6.45) is 0. The van der Waals surface area contributed by atoms with Crippen molar-refractivity contribution in [2.45, 2.75) is 10.1 Å². The van der Waals surface area contributed by atoms with Crippen molar-refractivity contribution in [3.63, 3.8) is 0 Å². The van der Waals surface area contributed by atoms with Crippen molar-refractivity contribution in [3.05, 3.63) is 28.7 Å². The number of hydrogen-bond donors (Lipinski definition) is 0. The summed E-state index contributed by atoms with van der Waals surface area (Å²) in [7, 11) is -2.25. The Labute approximate surface area is 130 Å². The Morgan fingerprint density at radius 2 is 2.05 bits per heavy atom. The Bertz CT molecular complexity index is 588. The number of sulfonamides is 1. The van der Waals surface area contributed by atoms with Gasteiger partial charge in [0, 0.05) is 23.3 Å². The molecular formula is C12H14BrNO4S2. The number of ether oxygens (including phenoxy) is 1. The van der Waals surface area contributed by atoms with Gasteiger partial charge in [-0.25, -0.2) is 8.42 Å². The fourth-order valence-corrected chi connectivity index (χ4v) is 4.93. The fourth-order valence-electron chi connectivity index (χ4n) is 1.87. The molecule has 110 valence electrons. The van der Waals surface area contributed by atoms with E-state index in [-0.39, 0.29) is 17.4 Å². The lowest BCUT2D eigenvalue weighted by Crippen LogP contribution is -2.44. The highest BCUT2D eigenvalue weighted by atomic mass is 79.9. The molecule has 0 N–H and O–H groups in total. The topological polar surface area (TPSA) is 63.7 Å². The van der Waals surface area contributed by atoms with Gasteiger partial charge in [0.2, 0.25) is 10.0 Å². The minimum atomic E-state index is -3.56. The quantitative estimate of drug-likeness (QED) is 0.748. The molecule has 1 saturated heterocycles. The molecule has 1 aromatic rings. The van der Waals surface area contributed by atoms with Gasteiger partial charge in [-0.15, -0.1) is 11.8 Å². The van der Waals surface area contributed by atoms with Crippen molar-refractivity contribution in [2.75, 3.05) is 26.0 Å². The standard InChI is InChI=1S/C12H14BrNO4S2/c1-18-12(15)11-8-14(6-7-19-11)20(16,17)10-4-2-9(13)3-5-10/h2-5,11H,6-8H2,1H3/t11-/m1/s1. The van der Waals surface area contributed by atoms with E-state index in [0.29, 0.717) is 12.3 Å². The summed E-state index contributed by atoms with van der Waals surface area (Å²) >= 11 is 4.70. The number of thioether (sulfide) groups is 1. The van der Waals surface area contributed by atoms with E-state index in [1.807, 2.05) is 0 Å². The second-order valence-corrected chi connectivity index (χ2v) is 8.36. The van der Waals surface area contributed by atoms with Crippen LogP contribution < -0.4 is 0 Å². The number of methoxy groups -OCH3 is 1. The van der Waals surface area contributed by atoms with Crippen LogP contribution in [0.2, 0.25) is 0 Å². The van der Waals surface area contributed by atoms with E-state index in [1.165, 1.54) is 23.2 Å². The molecule has 0 bridgehead atoms. The second kappa shape index (κ2) is 6.46. The number of rotatable bonds is 3. The second-order valence-electron chi connectivity index (χ2n) is 4.20. The van der Waals surface area contributed by atoms with Crippen LogP contribution in [0, 0.1) is 0 Å². The summed E-state index contributed by atoms with van der Waals surface area (Å²) < 4.78 is 31.9. The molecule has 1 aromatic carbocycles. The van der Waals surface area contributed by atoms with Gasteiger partial charge in [0.05, 0.1) is 12.0 Å². The van der Waals surface area contributed by atoms with Crippen molar-refractivity contribution >= 4 is 43.7 Å². The smallest absolute Gasteiger partial charge is 0.320 e. The normalized spacial score (nSPS) is 20.6. The molecule has 20 heavy (non-hydrogen) atoms. The van der Waals surface area contributed by atoms with Crippen molar-refractivity contribution < 1.29 is 17.9 Å². The zero-order chi connectivity index (χ0) is 14.8. The maximum atomic E-state index is 12.5. The lowest BCUT2D eigenvalue weighted by Gasteiger charge is -2.30. The Hall–Kier alpha value is -0.570. The largest absolute Gasteiger partial charge is 0.468 e. The van der Waals surface area contributed by atoms with E-state index in [9.17, 15) is 13.2 Å². The lowest BCUT2D eigenvalue weighted by molar-refractivity contribution is -0.140. The third-order valence-corrected chi connectivity index (χ3v) is 6.51. The van der Waals surface area contributed by atoms with Crippen LogP contribution in [0.3, 0.4) is 0 Å². The van der Waals surface area contributed by atoms with E-state index < -0.39 is 15.3 Å². The molecule has 0 aliphatic carbocycles. The van der Waals surface area contributed by atoms with E-state index in [1.54, 1.807) is 24.3 Å². The van der Waals surface area contributed by atoms with E-state index in [0.717, 1.165) is 4.47 Å². The van der Waals surface area contributed by atoms with Crippen molar-refractivity contribution in [1.29, 1.82) is 0 Å². The molecule has 1 atom stereocenters. The van der Waals surface area contributed by atoms with Gasteiger partial charge in [-0.3, -0.25) is 4.79 Å². The Kier molecular flexibility index (Phi) is 5.11. The van der Waals surface area contributed by atoms with Crippen molar-refractivity contribution in [2.24, 2.45) is 0 Å². The summed E-state index contributed by atoms with van der Waals surface area (Å²) in [5.41, 5.74) is 0. The molecule has 1 aliphatic rings. The Morgan fingerprint density at radius 3 is 2.65 bits per heavy atom. The van der Waals surface area contributed by atoms with Crippen LogP contribution in [-0.2, 0) is 19.6 Å². The average molecular weight is 380 g/mol. The summed E-state index contributed by atoms with van der Waals surface area (Å²) in [4.78, 5) is 11.8. The maximum absolute atomic E-state index is 12.5. The van der Waals surface area contributed by atoms with Crippen LogP contribution in [0.4, 0.5) is 0 Å². The van der Waals surface area contributed by atoms with E-state index in [4.69, 9.17) is 0 Å². The van der Waals surface area contributed by atoms with Crippen molar-refractivity contribution in [3.8, 4) is 0 Å². The van der Waals surface area contributed by atoms with E-state index >= 15 is 0 Å². The first-order valence-electron chi connectivity index (χ1n) is 5.90. The van der Waals surface area contributed by atoms with Gasteiger partial charge in [0.25, 0.3) is 0 Å².